The molecule has 0 fully saturated rings. The smallest absolute Gasteiger partial charge is 0.416 e. The summed E-state index contributed by atoms with van der Waals surface area (Å²) in [6.07, 6.45) is -3.61. The fourth-order valence-electron chi connectivity index (χ4n) is 2.31. The Kier molecular flexibility index (Phi) is 4.95. The molecule has 0 aliphatic carbocycles. The lowest BCUT2D eigenvalue weighted by Crippen LogP contribution is -2.24. The van der Waals surface area contributed by atoms with Gasteiger partial charge in [-0.2, -0.15) is 13.2 Å². The van der Waals surface area contributed by atoms with Gasteiger partial charge in [0.1, 0.15) is 5.76 Å². The molecule has 0 amide bonds. The minimum absolute atomic E-state index is 0.0729. The Bertz CT molecular complexity index is 755. The third-order valence-corrected chi connectivity index (χ3v) is 3.42. The first kappa shape index (κ1) is 18.2. The van der Waals surface area contributed by atoms with Gasteiger partial charge in [0.25, 0.3) is 11.4 Å². The summed E-state index contributed by atoms with van der Waals surface area (Å²) in [6.45, 7) is 1.57. The van der Waals surface area contributed by atoms with E-state index in [0.29, 0.717) is 17.9 Å². The zero-order valence-corrected chi connectivity index (χ0v) is 12.8. The highest BCUT2D eigenvalue weighted by atomic mass is 19.4. The second-order valence-corrected chi connectivity index (χ2v) is 4.97. The summed E-state index contributed by atoms with van der Waals surface area (Å²) in [5, 5.41) is 22.5. The third kappa shape index (κ3) is 3.87. The van der Waals surface area contributed by atoms with Crippen LogP contribution in [0.15, 0.2) is 34.9 Å². The van der Waals surface area contributed by atoms with Crippen molar-refractivity contribution in [2.45, 2.75) is 19.6 Å². The highest BCUT2D eigenvalue weighted by molar-refractivity contribution is 5.76. The average molecular weight is 359 g/mol. The maximum absolute atomic E-state index is 12.9. The van der Waals surface area contributed by atoms with Crippen molar-refractivity contribution < 1.29 is 27.4 Å². The van der Waals surface area contributed by atoms with E-state index in [9.17, 15) is 33.4 Å². The van der Waals surface area contributed by atoms with Gasteiger partial charge in [0.05, 0.1) is 28.2 Å². The normalized spacial score (nSPS) is 11.4. The lowest BCUT2D eigenvalue weighted by atomic mass is 10.1. The van der Waals surface area contributed by atoms with Crippen LogP contribution in [0.25, 0.3) is 0 Å². The number of nitrogens with zero attached hydrogens (tertiary/aromatic N) is 3. The molecule has 0 saturated heterocycles. The summed E-state index contributed by atoms with van der Waals surface area (Å²) >= 11 is 0. The number of rotatable bonds is 6. The molecule has 2 rings (SSSR count). The second-order valence-electron chi connectivity index (χ2n) is 4.97. The monoisotopic (exact) mass is 359 g/mol. The molecule has 0 saturated carbocycles. The fraction of sp³-hybridized carbons (Fsp3) is 0.286. The number of alkyl halides is 3. The minimum atomic E-state index is -4.95. The molecular formula is C14H12F3N3O5. The summed E-state index contributed by atoms with van der Waals surface area (Å²) in [5.74, 6) is 0.352. The van der Waals surface area contributed by atoms with Crippen LogP contribution in [0.3, 0.4) is 0 Å². The maximum Gasteiger partial charge on any atom is 0.416 e. The predicted octanol–water partition coefficient (Wildman–Crippen LogP) is 4.14. The number of anilines is 1. The Balaban J connectivity index is 2.68. The molecule has 2 aromatic rings. The van der Waals surface area contributed by atoms with Crippen LogP contribution in [0.1, 0.15) is 18.2 Å². The number of benzene rings is 1. The molecule has 1 aromatic heterocycles. The Labute approximate surface area is 138 Å². The molecule has 0 radical (unpaired) electrons. The van der Waals surface area contributed by atoms with E-state index in [0.717, 1.165) is 0 Å². The van der Waals surface area contributed by atoms with Gasteiger partial charge in [0.2, 0.25) is 0 Å². The van der Waals surface area contributed by atoms with Crippen molar-refractivity contribution in [1.29, 1.82) is 0 Å². The third-order valence-electron chi connectivity index (χ3n) is 3.42. The Hall–Kier alpha value is -3.11. The Morgan fingerprint density at radius 1 is 1.16 bits per heavy atom. The van der Waals surface area contributed by atoms with Gasteiger partial charge in [-0.25, -0.2) is 0 Å². The van der Waals surface area contributed by atoms with E-state index in [1.807, 2.05) is 0 Å². The molecule has 8 nitrogen and oxygen atoms in total. The van der Waals surface area contributed by atoms with Crippen molar-refractivity contribution in [1.82, 2.24) is 0 Å². The highest BCUT2D eigenvalue weighted by Gasteiger charge is 2.39. The molecule has 1 heterocycles. The van der Waals surface area contributed by atoms with Crippen molar-refractivity contribution in [2.75, 3.05) is 11.4 Å². The van der Waals surface area contributed by atoms with Crippen LogP contribution in [-0.2, 0) is 12.7 Å². The topological polar surface area (TPSA) is 103 Å². The molecule has 25 heavy (non-hydrogen) atoms. The Morgan fingerprint density at radius 2 is 1.72 bits per heavy atom. The van der Waals surface area contributed by atoms with E-state index in [1.165, 1.54) is 11.2 Å². The molecule has 0 bridgehead atoms. The van der Waals surface area contributed by atoms with Gasteiger partial charge in [-0.3, -0.25) is 20.2 Å². The molecule has 134 valence electrons. The average Bonchev–Trinajstić information content (AvgIpc) is 3.03. The summed E-state index contributed by atoms with van der Waals surface area (Å²) in [7, 11) is 0. The molecule has 0 aliphatic heterocycles. The minimum Gasteiger partial charge on any atom is -0.467 e. The molecule has 0 N–H and O–H groups in total. The van der Waals surface area contributed by atoms with Crippen molar-refractivity contribution in [3.8, 4) is 0 Å². The van der Waals surface area contributed by atoms with Crippen molar-refractivity contribution >= 4 is 17.1 Å². The zero-order chi connectivity index (χ0) is 18.8. The zero-order valence-electron chi connectivity index (χ0n) is 12.8. The number of hydrogen-bond acceptors (Lipinski definition) is 6. The molecule has 0 aliphatic rings. The summed E-state index contributed by atoms with van der Waals surface area (Å²) in [6, 6.07) is 3.70. The van der Waals surface area contributed by atoms with Crippen molar-refractivity contribution in [3.63, 3.8) is 0 Å². The summed E-state index contributed by atoms with van der Waals surface area (Å²) in [5.41, 5.74) is -3.93. The molecule has 1 aromatic carbocycles. The first-order valence-electron chi connectivity index (χ1n) is 6.96. The maximum atomic E-state index is 12.9. The first-order chi connectivity index (χ1) is 11.6. The molecule has 0 unspecified atom stereocenters. The largest absolute Gasteiger partial charge is 0.467 e. The predicted molar refractivity (Wildman–Crippen MR) is 80.2 cm³/mol. The van der Waals surface area contributed by atoms with E-state index < -0.39 is 38.6 Å². The molecule has 0 atom stereocenters. The van der Waals surface area contributed by atoms with Crippen LogP contribution in [0.2, 0.25) is 0 Å². The second kappa shape index (κ2) is 6.79. The van der Waals surface area contributed by atoms with Crippen molar-refractivity contribution in [3.05, 3.63) is 62.1 Å². The quantitative estimate of drug-likeness (QED) is 0.567. The van der Waals surface area contributed by atoms with Gasteiger partial charge in [0.15, 0.2) is 5.69 Å². The van der Waals surface area contributed by atoms with E-state index in [4.69, 9.17) is 4.42 Å². The number of hydrogen-bond donors (Lipinski definition) is 0. The lowest BCUT2D eigenvalue weighted by Gasteiger charge is -2.22. The highest BCUT2D eigenvalue weighted by Crippen LogP contribution is 2.43. The molecule has 0 spiro atoms. The first-order valence-corrected chi connectivity index (χ1v) is 6.96. The van der Waals surface area contributed by atoms with Gasteiger partial charge in [-0.1, -0.05) is 0 Å². The van der Waals surface area contributed by atoms with Crippen molar-refractivity contribution in [2.24, 2.45) is 0 Å². The number of furan rings is 1. The van der Waals surface area contributed by atoms with Gasteiger partial charge in [-0.05, 0) is 19.1 Å². The van der Waals surface area contributed by atoms with E-state index in [1.54, 1.807) is 19.1 Å². The standard InChI is InChI=1S/C14H12F3N3O5/c1-2-18(8-10-4-3-5-25-10)13-11(19(21)22)6-9(14(15,16)17)7-12(13)20(23)24/h3-7H,2,8H2,1H3. The number of nitro benzene ring substituents is 2. The summed E-state index contributed by atoms with van der Waals surface area (Å²) < 4.78 is 43.9. The van der Waals surface area contributed by atoms with Crippen LogP contribution in [0, 0.1) is 20.2 Å². The van der Waals surface area contributed by atoms with Crippen LogP contribution in [0.5, 0.6) is 0 Å². The molecular weight excluding hydrogens is 347 g/mol. The van der Waals surface area contributed by atoms with Crippen LogP contribution in [0.4, 0.5) is 30.2 Å². The van der Waals surface area contributed by atoms with Gasteiger partial charge in [0, 0.05) is 18.7 Å². The Morgan fingerprint density at radius 3 is 2.08 bits per heavy atom. The van der Waals surface area contributed by atoms with E-state index in [2.05, 4.69) is 0 Å². The van der Waals surface area contributed by atoms with Crippen LogP contribution < -0.4 is 4.90 Å². The van der Waals surface area contributed by atoms with E-state index >= 15 is 0 Å². The van der Waals surface area contributed by atoms with Crippen LogP contribution >= 0.6 is 0 Å². The fourth-order valence-corrected chi connectivity index (χ4v) is 2.31. The lowest BCUT2D eigenvalue weighted by molar-refractivity contribution is -0.393. The van der Waals surface area contributed by atoms with E-state index in [-0.39, 0.29) is 13.1 Å². The van der Waals surface area contributed by atoms with Crippen LogP contribution in [-0.4, -0.2) is 16.4 Å². The van der Waals surface area contributed by atoms with Gasteiger partial charge in [-0.15, -0.1) is 0 Å². The summed E-state index contributed by atoms with van der Waals surface area (Å²) in [4.78, 5) is 21.6. The number of halogens is 3. The number of nitro groups is 2. The molecule has 11 heteroatoms. The SMILES string of the molecule is CCN(Cc1ccco1)c1c([N+](=O)[O-])cc(C(F)(F)F)cc1[N+](=O)[O-]. The van der Waals surface area contributed by atoms with Gasteiger partial charge >= 0.3 is 6.18 Å². The van der Waals surface area contributed by atoms with Gasteiger partial charge < -0.3 is 9.32 Å².